The molecule has 20 nitrogen and oxygen atoms in total. The van der Waals surface area contributed by atoms with Crippen LogP contribution in [0.5, 0.6) is 0 Å². The topological polar surface area (TPSA) is 321 Å². The van der Waals surface area contributed by atoms with Crippen LogP contribution in [0.1, 0.15) is 269 Å². The third kappa shape index (κ3) is 41.5. The molecule has 9 aliphatic rings. The summed E-state index contributed by atoms with van der Waals surface area (Å²) in [6, 6.07) is 89.2. The van der Waals surface area contributed by atoms with Gasteiger partial charge in [0.05, 0.1) is 91.4 Å². The van der Waals surface area contributed by atoms with Crippen LogP contribution in [0.25, 0.3) is 0 Å². The van der Waals surface area contributed by atoms with Crippen molar-refractivity contribution in [3.05, 3.63) is 354 Å². The van der Waals surface area contributed by atoms with Gasteiger partial charge in [0.15, 0.2) is 5.78 Å². The number of Topliss-reactive ketones (excluding diaryl/α,β-unsaturated/α-hetero) is 1. The molecule has 734 valence electrons. The fourth-order valence-corrected chi connectivity index (χ4v) is 17.7. The summed E-state index contributed by atoms with van der Waals surface area (Å²) in [5.74, 6) is 4.71. The molecular formula is C114H147ClIN3O17. The van der Waals surface area contributed by atoms with Gasteiger partial charge < -0.3 is 79.7 Å². The number of rotatable bonds is 16. The van der Waals surface area contributed by atoms with Crippen LogP contribution < -0.4 is 5.73 Å². The Balaban J connectivity index is 0.000000206. The summed E-state index contributed by atoms with van der Waals surface area (Å²) < 4.78 is 54.7. The Kier molecular flexibility index (Phi) is 56.2. The van der Waals surface area contributed by atoms with Crippen molar-refractivity contribution < 1.29 is 82.9 Å². The predicted octanol–water partition coefficient (Wildman–Crippen LogP) is 22.3. The van der Waals surface area contributed by atoms with E-state index >= 15 is 0 Å². The lowest BCUT2D eigenvalue weighted by Gasteiger charge is -2.22. The molecule has 136 heavy (non-hydrogen) atoms. The van der Waals surface area contributed by atoms with Gasteiger partial charge in [0.25, 0.3) is 0 Å². The number of carbonyl (C=O) groups excluding carboxylic acids is 3. The first-order valence-electron chi connectivity index (χ1n) is 47.7. The minimum Gasteiger partial charge on any atom is -0.465 e. The number of esters is 1. The lowest BCUT2D eigenvalue weighted by atomic mass is 9.93. The molecule has 10 aromatic rings. The van der Waals surface area contributed by atoms with Gasteiger partial charge in [0.2, 0.25) is 0 Å². The van der Waals surface area contributed by atoms with E-state index in [1.807, 2.05) is 158 Å². The number of nitrogens with one attached hydrogen (secondary N) is 2. The number of benzene rings is 10. The highest BCUT2D eigenvalue weighted by atomic mass is 127. The Morgan fingerprint density at radius 1 is 0.397 bits per heavy atom. The Morgan fingerprint density at radius 2 is 0.662 bits per heavy atom. The van der Waals surface area contributed by atoms with Crippen LogP contribution in [0.2, 0.25) is 0 Å². The van der Waals surface area contributed by atoms with E-state index in [9.17, 15) is 14.4 Å². The minimum absolute atomic E-state index is 0. The maximum Gasteiger partial charge on any atom is 0.337 e. The van der Waals surface area contributed by atoms with E-state index in [2.05, 4.69) is 137 Å². The van der Waals surface area contributed by atoms with Crippen LogP contribution in [0.15, 0.2) is 267 Å². The first-order chi connectivity index (χ1) is 65.3. The lowest BCUT2D eigenvalue weighted by Crippen LogP contribution is -2.23. The summed E-state index contributed by atoms with van der Waals surface area (Å²) in [7, 11) is 1.39. The Bertz CT molecular complexity index is 4680. The zero-order valence-electron chi connectivity index (χ0n) is 78.5. The third-order valence-electron chi connectivity index (χ3n) is 25.1. The molecule has 0 unspecified atom stereocenters. The molecule has 0 bridgehead atoms. The summed E-state index contributed by atoms with van der Waals surface area (Å²) >= 11 is 7.94. The highest BCUT2D eigenvalue weighted by Crippen LogP contribution is 2.34. The molecule has 10 aromatic carbocycles. The molecule has 0 spiro atoms. The minimum atomic E-state index is -0.286. The Morgan fingerprint density at radius 3 is 0.926 bits per heavy atom. The van der Waals surface area contributed by atoms with E-state index in [0.717, 1.165) is 178 Å². The SMILES string of the molecule is C.COC(=O)c1ccc([C@H]2CCCOC2)cc1.Ic1ccc([C@H]2CCCOC2)cc1.N=C(Cl)c1ccc([C@H]2CCCOC2)cc1.N=Cc1ccc([C@H]2CCCOC2)cc1.N[C@@H](CO)c1ccccc1.O.O.O=C1COC[C@@H](c2ccccc2)C1.O=Cc1ccc([C@H]2CCCOC2)cc1.OCc1ccc([C@H]2CCCOC2)cc1.c1ccc([C@H]2CCCOC2)cc1.c1ccc([C@H]2CCCOC2)cc1. The Labute approximate surface area is 826 Å². The number of aliphatic hydroxyl groups is 2. The lowest BCUT2D eigenvalue weighted by molar-refractivity contribution is -0.128. The molecule has 9 heterocycles. The highest BCUT2D eigenvalue weighted by molar-refractivity contribution is 14.1. The predicted molar refractivity (Wildman–Crippen MR) is 554 cm³/mol. The summed E-state index contributed by atoms with van der Waals surface area (Å²) in [6.45, 7) is 15.3. The summed E-state index contributed by atoms with van der Waals surface area (Å²) in [5, 5.41) is 32.1. The summed E-state index contributed by atoms with van der Waals surface area (Å²) in [5.41, 5.74) is 22.6. The molecule has 9 saturated heterocycles. The largest absolute Gasteiger partial charge is 0.465 e. The van der Waals surface area contributed by atoms with Crippen molar-refractivity contribution in [3.8, 4) is 0 Å². The van der Waals surface area contributed by atoms with Gasteiger partial charge in [0.1, 0.15) is 18.1 Å². The van der Waals surface area contributed by atoms with Crippen molar-refractivity contribution >= 4 is 63.6 Å². The van der Waals surface area contributed by atoms with Crippen molar-refractivity contribution in [3.63, 3.8) is 0 Å². The summed E-state index contributed by atoms with van der Waals surface area (Å²) in [6.07, 6.45) is 22.1. The molecule has 10 atom stereocenters. The van der Waals surface area contributed by atoms with Crippen LogP contribution >= 0.6 is 34.2 Å². The number of halogens is 2. The van der Waals surface area contributed by atoms with Crippen molar-refractivity contribution in [2.75, 3.05) is 133 Å². The second-order valence-corrected chi connectivity index (χ2v) is 36.4. The molecule has 0 aliphatic carbocycles. The van der Waals surface area contributed by atoms with E-state index < -0.39 is 0 Å². The average molecular weight is 1990 g/mol. The van der Waals surface area contributed by atoms with Gasteiger partial charge >= 0.3 is 5.97 Å². The van der Waals surface area contributed by atoms with Crippen molar-refractivity contribution in [2.24, 2.45) is 5.73 Å². The van der Waals surface area contributed by atoms with E-state index in [4.69, 9.17) is 81.0 Å². The standard InChI is InChI=1S/C13H16O3.C12H14ClNO.C12H15NO.C12H16O2.C12H14O2.C11H13IO.C11H12O2.2C11H14O.C8H11NO.CH4.2H2O/c1-15-13(14)11-6-4-10(5-7-11)12-3-2-8-16-9-12;13-12(14)10-5-3-9(4-6-10)11-2-1-7-15-8-11;3*13-8-10-3-5-11(6-4-10)12-2-1-7-14-9-12;12-11-5-3-9(4-6-11)10-2-1-7-13-8-10;12-11-6-10(7-13-8-11)9-4-2-1-3-5-9;2*1-2-5-10(6-3-1)11-7-4-8-12-9-11;9-8(6-10)7-4-2-1-3-5-7;;;/h4-7,12H,2-3,8-9H2,1H3;3-6,11,14H,1-2,7-8H2;3-6,8,12-13H,1-2,7,9H2;3-6,12-13H,1-2,7-9H2;3-6,8,12H,1-2,7,9H2;3-6,10H,1-2,7-8H2;1-5,10H,6-8H2;2*1-3,5-6,11H,4,7-9H2;1-5,8,10H,6,9H2;1H4;2*1H2/t12-;11-;3*12-;2*10-;2*11-;8-;;;/m0000000000.../s1. The smallest absolute Gasteiger partial charge is 0.337 e. The number of aldehydes is 1. The number of carbonyl (C=O) groups is 3. The molecule has 0 amide bonds. The number of hydrogen-bond acceptors (Lipinski definition) is 18. The maximum absolute atomic E-state index is 11.3. The van der Waals surface area contributed by atoms with E-state index in [0.29, 0.717) is 72.5 Å². The zero-order valence-corrected chi connectivity index (χ0v) is 81.4. The van der Waals surface area contributed by atoms with Crippen LogP contribution in [0.4, 0.5) is 0 Å². The summed E-state index contributed by atoms with van der Waals surface area (Å²) in [4.78, 5) is 32.8. The monoisotopic (exact) mass is 1990 g/mol. The average Bonchev–Trinajstić information content (AvgIpc) is 0.867. The van der Waals surface area contributed by atoms with Crippen LogP contribution in [0, 0.1) is 14.4 Å². The Hall–Kier alpha value is -9.19. The van der Waals surface area contributed by atoms with Gasteiger partial charge in [-0.15, -0.1) is 0 Å². The zero-order chi connectivity index (χ0) is 93.5. The number of nitrogens with two attached hydrogens (primary N) is 1. The molecule has 9 aliphatic heterocycles. The van der Waals surface area contributed by atoms with E-state index in [1.54, 1.807) is 0 Å². The molecule has 0 aromatic heterocycles. The van der Waals surface area contributed by atoms with Crippen LogP contribution in [-0.2, 0) is 58.8 Å². The molecule has 0 saturated carbocycles. The fourth-order valence-electron chi connectivity index (χ4n) is 17.2. The molecule has 10 N–H and O–H groups in total. The first kappa shape index (κ1) is 114. The second-order valence-electron chi connectivity index (χ2n) is 34.8. The molecule has 19 rings (SSSR count). The number of aliphatic hydroxyl groups excluding tert-OH is 2. The van der Waals surface area contributed by atoms with Crippen LogP contribution in [-0.4, -0.2) is 183 Å². The normalized spacial score (nSPS) is 21.1. The van der Waals surface area contributed by atoms with Gasteiger partial charge in [-0.3, -0.25) is 15.0 Å². The quantitative estimate of drug-likeness (QED) is 0.0260. The van der Waals surface area contributed by atoms with Crippen molar-refractivity contribution in [1.82, 2.24) is 0 Å². The molecule has 9 fully saturated rings. The number of methoxy groups -OCH3 is 1. The molecule has 22 heteroatoms. The fraction of sp³-hybridized carbons (Fsp3) is 0.430. The second kappa shape index (κ2) is 67.2. The van der Waals surface area contributed by atoms with Gasteiger partial charge in [-0.25, -0.2) is 4.79 Å². The van der Waals surface area contributed by atoms with Gasteiger partial charge in [-0.2, -0.15) is 0 Å². The molecule has 0 radical (unpaired) electrons. The maximum atomic E-state index is 11.3. The van der Waals surface area contributed by atoms with Crippen LogP contribution in [0.3, 0.4) is 0 Å². The number of hydrogen-bond donors (Lipinski definition) is 5. The van der Waals surface area contributed by atoms with Gasteiger partial charge in [-0.1, -0.05) is 262 Å². The number of ether oxygens (including phenoxy) is 10. The highest BCUT2D eigenvalue weighted by Gasteiger charge is 2.25. The van der Waals surface area contributed by atoms with E-state index in [1.165, 1.54) is 131 Å². The van der Waals surface area contributed by atoms with Crippen molar-refractivity contribution in [2.45, 2.75) is 182 Å². The van der Waals surface area contributed by atoms with Crippen molar-refractivity contribution in [1.29, 1.82) is 10.8 Å². The van der Waals surface area contributed by atoms with E-state index in [-0.39, 0.29) is 60.5 Å². The number of ketones is 1. The third-order valence-corrected chi connectivity index (χ3v) is 26.0. The first-order valence-corrected chi connectivity index (χ1v) is 49.1. The van der Waals surface area contributed by atoms with Gasteiger partial charge in [0, 0.05) is 133 Å². The van der Waals surface area contributed by atoms with Gasteiger partial charge in [-0.05, 0) is 216 Å². The molecular weight excluding hydrogens is 1850 g/mol.